The minimum absolute atomic E-state index is 0.111. The third-order valence-corrected chi connectivity index (χ3v) is 51.8. The maximum atomic E-state index is 12.5. The van der Waals surface area contributed by atoms with Crippen LogP contribution in [-0.4, -0.2) is 121 Å². The van der Waals surface area contributed by atoms with Gasteiger partial charge in [0.25, 0.3) is 5.91 Å². The predicted molar refractivity (Wildman–Crippen MR) is 309 cm³/mol. The Labute approximate surface area is 447 Å². The second-order valence-corrected chi connectivity index (χ2v) is 49.8. The maximum absolute atomic E-state index is 12.5. The SMILES string of the molecule is C=C(C(=O)OCC)[C@@H](Nc1cc(OC)c(OC)c(OC)c1)c1ccc(C)cc1.C=C1C(=O)N(c2cc(OC)c(OC)c(OC)c2)[C@H]1c1ccc(C)cc1.C[Si](C)(C)[N]([Sn][N]([Si](C)(C)C)[Si](C)(C)C)[Si](C)(C)C. The summed E-state index contributed by atoms with van der Waals surface area (Å²) in [5.41, 5.74) is 6.43. The molecule has 0 aliphatic carbocycles. The first-order chi connectivity index (χ1) is 33.4. The van der Waals surface area contributed by atoms with Gasteiger partial charge < -0.3 is 38.5 Å². The van der Waals surface area contributed by atoms with Gasteiger partial charge in [0.15, 0.2) is 23.0 Å². The summed E-state index contributed by atoms with van der Waals surface area (Å²) in [6, 6.07) is 22.4. The van der Waals surface area contributed by atoms with Crippen molar-refractivity contribution in [3.8, 4) is 34.5 Å². The number of carbonyl (C=O) groups is 2. The van der Waals surface area contributed by atoms with Gasteiger partial charge in [0.2, 0.25) is 11.5 Å². The number of amides is 1. The van der Waals surface area contributed by atoms with E-state index < -0.39 is 66.6 Å². The summed E-state index contributed by atoms with van der Waals surface area (Å²) in [5.74, 6) is 2.45. The van der Waals surface area contributed by atoms with Crippen molar-refractivity contribution in [2.45, 2.75) is 111 Å². The van der Waals surface area contributed by atoms with Gasteiger partial charge in [0.1, 0.15) is 0 Å². The molecule has 0 saturated carbocycles. The summed E-state index contributed by atoms with van der Waals surface area (Å²) in [4.78, 5) is 26.5. The van der Waals surface area contributed by atoms with E-state index in [1.54, 1.807) is 78.7 Å². The molecule has 4 aromatic rings. The number of carbonyl (C=O) groups excluding carboxylic acids is 2. The van der Waals surface area contributed by atoms with E-state index in [0.717, 1.165) is 16.7 Å². The van der Waals surface area contributed by atoms with Gasteiger partial charge in [-0.25, -0.2) is 4.79 Å². The van der Waals surface area contributed by atoms with Crippen LogP contribution < -0.4 is 38.6 Å². The average molecular weight is 1160 g/mol. The van der Waals surface area contributed by atoms with Crippen LogP contribution in [0.3, 0.4) is 0 Å². The normalized spacial score (nSPS) is 14.2. The molecule has 1 amide bonds. The Hall–Kier alpha value is -4.51. The van der Waals surface area contributed by atoms with Gasteiger partial charge in [-0.05, 0) is 31.9 Å². The fraction of sp³-hybridized carbons (Fsp3) is 0.444. The quantitative estimate of drug-likeness (QED) is 0.0393. The monoisotopic (exact) mass is 1160 g/mol. The number of anilines is 2. The fourth-order valence-corrected chi connectivity index (χ4v) is 42.1. The van der Waals surface area contributed by atoms with Gasteiger partial charge in [0.05, 0.1) is 72.6 Å². The van der Waals surface area contributed by atoms with Crippen LogP contribution in [0.5, 0.6) is 34.5 Å². The molecular weight excluding hydrogens is 1080 g/mol. The van der Waals surface area contributed by atoms with Crippen LogP contribution in [0.15, 0.2) is 97.1 Å². The van der Waals surface area contributed by atoms with Crippen LogP contribution >= 0.6 is 0 Å². The van der Waals surface area contributed by atoms with Crippen LogP contribution in [0.1, 0.15) is 41.3 Å². The number of β-lactam (4-membered cyclic amide) rings is 1. The van der Waals surface area contributed by atoms with Crippen LogP contribution in [-0.2, 0) is 14.3 Å². The molecule has 13 nitrogen and oxygen atoms in total. The van der Waals surface area contributed by atoms with Crippen molar-refractivity contribution in [1.29, 1.82) is 0 Å². The summed E-state index contributed by atoms with van der Waals surface area (Å²) in [7, 11) is 4.62. The van der Waals surface area contributed by atoms with E-state index >= 15 is 0 Å². The summed E-state index contributed by atoms with van der Waals surface area (Å²) < 4.78 is 43.7. The Kier molecular flexibility index (Phi) is 22.4. The van der Waals surface area contributed by atoms with E-state index in [9.17, 15) is 9.59 Å². The zero-order valence-electron chi connectivity index (χ0n) is 47.2. The number of methoxy groups -OCH3 is 6. The summed E-state index contributed by atoms with van der Waals surface area (Å²) >= 11 is -0.599. The molecule has 1 saturated heterocycles. The standard InChI is InChI=1S/C22H27NO5.C20H21NO4.2C6H18NSi2.Sn/c1-7-28-22(24)15(3)20(16-10-8-14(2)9-11-16)23-17-12-18(25-4)21(27-6)19(13-17)26-5;1-12-6-8-14(9-7-12)18-13(2)20(22)21(18)15-10-16(23-3)19(25-5)17(11-15)24-4;2*1-8(2,3)7-9(4,5)6;/h8-13,20,23H,3,7H2,1-2,4-6H3;6-11,18H,2H2,1,3-5H3;2*1-6H3;/q;;2*-1;+2/t20-;18-;;;/m11.../s1. The Balaban J connectivity index is 0.000000291. The molecule has 394 valence electrons. The van der Waals surface area contributed by atoms with Crippen LogP contribution in [0, 0.1) is 13.8 Å². The first-order valence-electron chi connectivity index (χ1n) is 24.2. The third kappa shape index (κ3) is 16.0. The topological polar surface area (TPSA) is 120 Å². The second-order valence-electron chi connectivity index (χ2n) is 21.5. The first-order valence-corrected chi connectivity index (χ1v) is 40.5. The molecule has 2 atom stereocenters. The molecule has 2 radical (unpaired) electrons. The zero-order valence-corrected chi connectivity index (χ0v) is 54.1. The van der Waals surface area contributed by atoms with E-state index in [0.29, 0.717) is 57.0 Å². The molecule has 18 heteroatoms. The van der Waals surface area contributed by atoms with Gasteiger partial charge in [-0.3, -0.25) is 9.69 Å². The molecule has 0 unspecified atom stereocenters. The van der Waals surface area contributed by atoms with E-state index in [2.05, 4.69) is 102 Å². The Bertz CT molecular complexity index is 2380. The van der Waals surface area contributed by atoms with Crippen molar-refractivity contribution in [3.05, 3.63) is 119 Å². The van der Waals surface area contributed by atoms with Crippen molar-refractivity contribution in [3.63, 3.8) is 0 Å². The molecule has 1 aliphatic rings. The van der Waals surface area contributed by atoms with Crippen molar-refractivity contribution in [1.82, 2.24) is 4.91 Å². The predicted octanol–water partition coefficient (Wildman–Crippen LogP) is 12.4. The first kappa shape index (κ1) is 61.8. The second kappa shape index (κ2) is 26.1. The third-order valence-electron chi connectivity index (χ3n) is 11.6. The minimum atomic E-state index is -1.17. The van der Waals surface area contributed by atoms with Crippen molar-refractivity contribution < 1.29 is 42.7 Å². The van der Waals surface area contributed by atoms with E-state index in [1.165, 1.54) is 5.56 Å². The number of nitrogens with zero attached hydrogens (tertiary/aromatic N) is 3. The van der Waals surface area contributed by atoms with Gasteiger partial charge in [-0.2, -0.15) is 0 Å². The summed E-state index contributed by atoms with van der Waals surface area (Å²) in [6.45, 7) is 44.6. The molecule has 72 heavy (non-hydrogen) atoms. The van der Waals surface area contributed by atoms with Crippen LogP contribution in [0.4, 0.5) is 11.4 Å². The molecule has 0 bridgehead atoms. The van der Waals surface area contributed by atoms with Crippen molar-refractivity contribution in [2.75, 3.05) is 59.5 Å². The molecule has 1 aliphatic heterocycles. The molecule has 0 spiro atoms. The van der Waals surface area contributed by atoms with Gasteiger partial charge >= 0.3 is 144 Å². The molecular formula is C54H84N4O9Si4Sn. The molecule has 1 fully saturated rings. The van der Waals surface area contributed by atoms with Gasteiger partial charge in [-0.1, -0.05) is 72.8 Å². The zero-order chi connectivity index (χ0) is 54.7. The van der Waals surface area contributed by atoms with E-state index in [4.69, 9.17) is 33.2 Å². The summed E-state index contributed by atoms with van der Waals surface area (Å²) in [5, 5.41) is 3.34. The van der Waals surface area contributed by atoms with E-state index in [1.807, 2.05) is 62.4 Å². The molecule has 1 heterocycles. The Morgan fingerprint density at radius 3 is 1.36 bits per heavy atom. The van der Waals surface area contributed by atoms with Crippen LogP contribution in [0.25, 0.3) is 0 Å². The van der Waals surface area contributed by atoms with E-state index in [-0.39, 0.29) is 18.6 Å². The van der Waals surface area contributed by atoms with Crippen LogP contribution in [0.2, 0.25) is 78.6 Å². The number of rotatable bonds is 20. The number of ether oxygens (including phenoxy) is 7. The van der Waals surface area contributed by atoms with Crippen molar-refractivity contribution in [2.24, 2.45) is 0 Å². The number of nitrogens with one attached hydrogen (secondary N) is 1. The van der Waals surface area contributed by atoms with Gasteiger partial charge in [-0.15, -0.1) is 0 Å². The Morgan fingerprint density at radius 1 is 0.639 bits per heavy atom. The number of hydrogen-bond donors (Lipinski definition) is 1. The Morgan fingerprint density at radius 2 is 1.01 bits per heavy atom. The molecule has 1 N–H and O–H groups in total. The number of esters is 1. The molecule has 4 aromatic carbocycles. The van der Waals surface area contributed by atoms with Gasteiger partial charge in [0, 0.05) is 35.5 Å². The number of benzene rings is 4. The molecule has 5 rings (SSSR count). The summed E-state index contributed by atoms with van der Waals surface area (Å²) in [6.07, 6.45) is 0. The average Bonchev–Trinajstić information content (AvgIpc) is 3.30. The van der Waals surface area contributed by atoms with Crippen molar-refractivity contribution >= 4 is 77.9 Å². The number of hydrogen-bond acceptors (Lipinski definition) is 12. The fourth-order valence-electron chi connectivity index (χ4n) is 8.57. The molecule has 0 aromatic heterocycles. The number of aryl methyl sites for hydroxylation is 2.